The van der Waals surface area contributed by atoms with Crippen molar-refractivity contribution in [3.63, 3.8) is 0 Å². The van der Waals surface area contributed by atoms with Gasteiger partial charge in [0.2, 0.25) is 0 Å². The average molecular weight is 249 g/mol. The highest BCUT2D eigenvalue weighted by Crippen LogP contribution is 2.21. The summed E-state index contributed by atoms with van der Waals surface area (Å²) in [5.74, 6) is 0. The van der Waals surface area contributed by atoms with Crippen molar-refractivity contribution < 1.29 is 0 Å². The van der Waals surface area contributed by atoms with Gasteiger partial charge in [-0.25, -0.2) is 9.66 Å². The van der Waals surface area contributed by atoms with Crippen LogP contribution >= 0.6 is 0 Å². The van der Waals surface area contributed by atoms with Crippen molar-refractivity contribution in [1.29, 1.82) is 0 Å². The zero-order chi connectivity index (χ0) is 13.1. The Hall–Kier alpha value is -2.55. The average Bonchev–Trinajstić information content (AvgIpc) is 2.82. The number of para-hydroxylation sites is 1. The van der Waals surface area contributed by atoms with Crippen molar-refractivity contribution in [2.75, 3.05) is 5.43 Å². The molecule has 19 heavy (non-hydrogen) atoms. The summed E-state index contributed by atoms with van der Waals surface area (Å²) >= 11 is 0. The minimum atomic E-state index is 1.00. The van der Waals surface area contributed by atoms with Crippen LogP contribution in [0.1, 0.15) is 5.69 Å². The Morgan fingerprint density at radius 2 is 1.53 bits per heavy atom. The number of nitrogens with zero attached hydrogens (tertiary/aromatic N) is 2. The Morgan fingerprint density at radius 1 is 0.895 bits per heavy atom. The zero-order valence-electron chi connectivity index (χ0n) is 10.7. The number of anilines is 1. The van der Waals surface area contributed by atoms with Crippen LogP contribution in [0, 0.1) is 6.92 Å². The lowest BCUT2D eigenvalue weighted by Gasteiger charge is -2.09. The molecule has 0 saturated heterocycles. The molecule has 1 heterocycles. The third-order valence-electron chi connectivity index (χ3n) is 3.08. The first-order valence-electron chi connectivity index (χ1n) is 6.26. The van der Waals surface area contributed by atoms with Crippen molar-refractivity contribution in [2.45, 2.75) is 6.92 Å². The van der Waals surface area contributed by atoms with Gasteiger partial charge >= 0.3 is 0 Å². The summed E-state index contributed by atoms with van der Waals surface area (Å²) in [6, 6.07) is 20.3. The standard InChI is InChI=1S/C16H15N3/c1-13-16(14-8-4-2-5-9-14)17-12-19(13)18-15-10-6-3-7-11-15/h2-12,18H,1H3. The zero-order valence-corrected chi connectivity index (χ0v) is 10.7. The number of nitrogens with one attached hydrogen (secondary N) is 1. The van der Waals surface area contributed by atoms with Crippen LogP contribution in [0.3, 0.4) is 0 Å². The number of benzene rings is 2. The summed E-state index contributed by atoms with van der Waals surface area (Å²) in [6.07, 6.45) is 1.81. The molecule has 0 spiro atoms. The molecule has 0 amide bonds. The molecule has 3 heteroatoms. The van der Waals surface area contributed by atoms with E-state index in [1.54, 1.807) is 0 Å². The highest BCUT2D eigenvalue weighted by Gasteiger charge is 2.08. The van der Waals surface area contributed by atoms with Gasteiger partial charge in [-0.05, 0) is 19.1 Å². The quantitative estimate of drug-likeness (QED) is 0.766. The van der Waals surface area contributed by atoms with E-state index in [9.17, 15) is 0 Å². The van der Waals surface area contributed by atoms with Crippen molar-refractivity contribution in [2.24, 2.45) is 0 Å². The van der Waals surface area contributed by atoms with Gasteiger partial charge in [0.25, 0.3) is 0 Å². The van der Waals surface area contributed by atoms with Gasteiger partial charge < -0.3 is 0 Å². The summed E-state index contributed by atoms with van der Waals surface area (Å²) in [7, 11) is 0. The number of rotatable bonds is 3. The van der Waals surface area contributed by atoms with E-state index in [1.807, 2.05) is 59.5 Å². The fraction of sp³-hybridized carbons (Fsp3) is 0.0625. The molecule has 0 atom stereocenters. The molecule has 2 aromatic carbocycles. The molecule has 1 aromatic heterocycles. The minimum absolute atomic E-state index is 1.00. The van der Waals surface area contributed by atoms with Crippen molar-refractivity contribution in [3.05, 3.63) is 72.7 Å². The van der Waals surface area contributed by atoms with Gasteiger partial charge in [-0.2, -0.15) is 0 Å². The van der Waals surface area contributed by atoms with Crippen molar-refractivity contribution >= 4 is 5.69 Å². The molecule has 0 radical (unpaired) electrons. The first-order valence-corrected chi connectivity index (χ1v) is 6.26. The van der Waals surface area contributed by atoms with E-state index in [1.165, 1.54) is 0 Å². The summed E-state index contributed by atoms with van der Waals surface area (Å²) in [5.41, 5.74) is 7.59. The van der Waals surface area contributed by atoms with E-state index < -0.39 is 0 Å². The molecular formula is C16H15N3. The first-order chi connectivity index (χ1) is 9.34. The van der Waals surface area contributed by atoms with Crippen LogP contribution in [-0.4, -0.2) is 9.66 Å². The van der Waals surface area contributed by atoms with Crippen LogP contribution in [0.5, 0.6) is 0 Å². The fourth-order valence-corrected chi connectivity index (χ4v) is 2.05. The highest BCUT2D eigenvalue weighted by molar-refractivity contribution is 5.62. The molecule has 0 bridgehead atoms. The molecule has 0 aliphatic carbocycles. The smallest absolute Gasteiger partial charge is 0.115 e. The Labute approximate surface area is 112 Å². The second kappa shape index (κ2) is 4.98. The molecule has 1 N–H and O–H groups in total. The van der Waals surface area contributed by atoms with Gasteiger partial charge in [0.1, 0.15) is 6.33 Å². The minimum Gasteiger partial charge on any atom is -0.293 e. The van der Waals surface area contributed by atoms with Gasteiger partial charge in [-0.15, -0.1) is 0 Å². The SMILES string of the molecule is Cc1c(-c2ccccc2)ncn1Nc1ccccc1. The van der Waals surface area contributed by atoms with Crippen molar-refractivity contribution in [3.8, 4) is 11.3 Å². The maximum atomic E-state index is 4.48. The van der Waals surface area contributed by atoms with E-state index in [0.29, 0.717) is 0 Å². The summed E-state index contributed by atoms with van der Waals surface area (Å²) < 4.78 is 1.94. The lowest BCUT2D eigenvalue weighted by atomic mass is 10.1. The number of hydrogen-bond acceptors (Lipinski definition) is 2. The molecule has 3 rings (SSSR count). The molecule has 94 valence electrons. The van der Waals surface area contributed by atoms with E-state index in [-0.39, 0.29) is 0 Å². The Balaban J connectivity index is 1.92. The summed E-state index contributed by atoms with van der Waals surface area (Å²) in [4.78, 5) is 4.48. The molecule has 0 saturated carbocycles. The predicted octanol–water partition coefficient (Wildman–Crippen LogP) is 3.73. The van der Waals surface area contributed by atoms with Gasteiger partial charge in [-0.3, -0.25) is 5.43 Å². The number of hydrogen-bond donors (Lipinski definition) is 1. The van der Waals surface area contributed by atoms with E-state index in [2.05, 4.69) is 29.5 Å². The number of aromatic nitrogens is 2. The predicted molar refractivity (Wildman–Crippen MR) is 77.9 cm³/mol. The monoisotopic (exact) mass is 249 g/mol. The second-order valence-corrected chi connectivity index (χ2v) is 4.39. The first kappa shape index (κ1) is 11.5. The van der Waals surface area contributed by atoms with E-state index in [0.717, 1.165) is 22.6 Å². The van der Waals surface area contributed by atoms with Crippen LogP contribution in [-0.2, 0) is 0 Å². The lowest BCUT2D eigenvalue weighted by molar-refractivity contribution is 0.913. The summed E-state index contributed by atoms with van der Waals surface area (Å²) in [6.45, 7) is 2.06. The van der Waals surface area contributed by atoms with E-state index in [4.69, 9.17) is 0 Å². The molecule has 0 unspecified atom stereocenters. The third kappa shape index (κ3) is 2.36. The maximum Gasteiger partial charge on any atom is 0.115 e. The van der Waals surface area contributed by atoms with Crippen LogP contribution in [0.2, 0.25) is 0 Å². The van der Waals surface area contributed by atoms with Crippen molar-refractivity contribution in [1.82, 2.24) is 9.66 Å². The van der Waals surface area contributed by atoms with Gasteiger partial charge in [0.15, 0.2) is 0 Å². The van der Waals surface area contributed by atoms with Crippen LogP contribution in [0.4, 0.5) is 5.69 Å². The normalized spacial score (nSPS) is 10.4. The molecule has 0 fully saturated rings. The lowest BCUT2D eigenvalue weighted by Crippen LogP contribution is -2.09. The van der Waals surface area contributed by atoms with Crippen LogP contribution in [0.25, 0.3) is 11.3 Å². The maximum absolute atomic E-state index is 4.48. The topological polar surface area (TPSA) is 29.9 Å². The molecule has 3 aromatic rings. The Kier molecular flexibility index (Phi) is 3.02. The van der Waals surface area contributed by atoms with Gasteiger partial charge in [0.05, 0.1) is 17.1 Å². The van der Waals surface area contributed by atoms with Gasteiger partial charge in [-0.1, -0.05) is 48.5 Å². The molecule has 0 aliphatic rings. The van der Waals surface area contributed by atoms with Crippen LogP contribution in [0.15, 0.2) is 67.0 Å². The third-order valence-corrected chi connectivity index (χ3v) is 3.08. The number of imidazole rings is 1. The highest BCUT2D eigenvalue weighted by atomic mass is 15.4. The van der Waals surface area contributed by atoms with E-state index >= 15 is 0 Å². The Morgan fingerprint density at radius 3 is 2.21 bits per heavy atom. The molecule has 0 aliphatic heterocycles. The largest absolute Gasteiger partial charge is 0.293 e. The second-order valence-electron chi connectivity index (χ2n) is 4.39. The summed E-state index contributed by atoms with van der Waals surface area (Å²) in [5, 5.41) is 0. The van der Waals surface area contributed by atoms with Crippen LogP contribution < -0.4 is 5.43 Å². The molecular weight excluding hydrogens is 234 g/mol. The fourth-order valence-electron chi connectivity index (χ4n) is 2.05. The Bertz CT molecular complexity index is 657. The molecule has 3 nitrogen and oxygen atoms in total. The van der Waals surface area contributed by atoms with Gasteiger partial charge in [0, 0.05) is 5.56 Å².